The summed E-state index contributed by atoms with van der Waals surface area (Å²) >= 11 is 6.13. The van der Waals surface area contributed by atoms with E-state index in [1.807, 2.05) is 23.1 Å². The minimum Gasteiger partial charge on any atom is -0.496 e. The lowest BCUT2D eigenvalue weighted by molar-refractivity contribution is 0.0241. The summed E-state index contributed by atoms with van der Waals surface area (Å²) in [7, 11) is 5.25. The summed E-state index contributed by atoms with van der Waals surface area (Å²) in [4.78, 5) is 18.1. The Morgan fingerprint density at radius 3 is 2.61 bits per heavy atom. The molecule has 1 aliphatic rings. The molecule has 2 amide bonds. The van der Waals surface area contributed by atoms with Gasteiger partial charge < -0.3 is 14.5 Å². The Morgan fingerprint density at radius 1 is 1.35 bits per heavy atom. The van der Waals surface area contributed by atoms with Crippen molar-refractivity contribution >= 4 is 17.6 Å². The SMILES string of the molecule is COc1ccc(Cl)cc1CN1CCN(C(=O)N(C)C)CC1(C)C. The smallest absolute Gasteiger partial charge is 0.319 e. The van der Waals surface area contributed by atoms with Gasteiger partial charge in [0.25, 0.3) is 0 Å². The first kappa shape index (κ1) is 17.9. The minimum atomic E-state index is -0.114. The summed E-state index contributed by atoms with van der Waals surface area (Å²) in [6, 6.07) is 5.76. The molecule has 0 spiro atoms. The van der Waals surface area contributed by atoms with Gasteiger partial charge in [-0.1, -0.05) is 11.6 Å². The maximum atomic E-state index is 12.2. The fraction of sp³-hybridized carbons (Fsp3) is 0.588. The van der Waals surface area contributed by atoms with Gasteiger partial charge in [-0.15, -0.1) is 0 Å². The lowest BCUT2D eigenvalue weighted by Crippen LogP contribution is -2.61. The highest BCUT2D eigenvalue weighted by molar-refractivity contribution is 6.30. The number of hydrogen-bond acceptors (Lipinski definition) is 3. The number of hydrogen-bond donors (Lipinski definition) is 0. The molecule has 1 saturated heterocycles. The number of piperazine rings is 1. The van der Waals surface area contributed by atoms with E-state index in [1.54, 1.807) is 26.1 Å². The highest BCUT2D eigenvalue weighted by Crippen LogP contribution is 2.29. The molecular formula is C17H26ClN3O2. The van der Waals surface area contributed by atoms with Gasteiger partial charge in [-0.3, -0.25) is 4.90 Å². The molecule has 1 aromatic carbocycles. The van der Waals surface area contributed by atoms with E-state index in [9.17, 15) is 4.79 Å². The molecule has 1 heterocycles. The number of halogens is 1. The predicted molar refractivity (Wildman–Crippen MR) is 93.1 cm³/mol. The van der Waals surface area contributed by atoms with E-state index in [1.165, 1.54) is 0 Å². The van der Waals surface area contributed by atoms with Gasteiger partial charge in [-0.2, -0.15) is 0 Å². The molecule has 1 aromatic rings. The average molecular weight is 340 g/mol. The molecule has 0 aliphatic carbocycles. The molecule has 128 valence electrons. The molecule has 0 radical (unpaired) electrons. The van der Waals surface area contributed by atoms with E-state index < -0.39 is 0 Å². The number of amides is 2. The van der Waals surface area contributed by atoms with Crippen LogP contribution in [0.4, 0.5) is 4.79 Å². The molecule has 0 bridgehead atoms. The van der Waals surface area contributed by atoms with Crippen LogP contribution in [0.1, 0.15) is 19.4 Å². The first-order valence-corrected chi connectivity index (χ1v) is 8.16. The summed E-state index contributed by atoms with van der Waals surface area (Å²) in [5.41, 5.74) is 0.956. The highest BCUT2D eigenvalue weighted by Gasteiger charge is 2.36. The summed E-state index contributed by atoms with van der Waals surface area (Å²) < 4.78 is 5.44. The Balaban J connectivity index is 2.13. The van der Waals surface area contributed by atoms with Crippen molar-refractivity contribution in [1.29, 1.82) is 0 Å². The molecular weight excluding hydrogens is 314 g/mol. The molecule has 1 fully saturated rings. The largest absolute Gasteiger partial charge is 0.496 e. The van der Waals surface area contributed by atoms with Crippen molar-refractivity contribution in [3.63, 3.8) is 0 Å². The van der Waals surface area contributed by atoms with E-state index in [0.717, 1.165) is 30.9 Å². The molecule has 2 rings (SSSR count). The number of carbonyl (C=O) groups is 1. The monoisotopic (exact) mass is 339 g/mol. The van der Waals surface area contributed by atoms with Crippen molar-refractivity contribution in [3.05, 3.63) is 28.8 Å². The third-order valence-electron chi connectivity index (χ3n) is 4.33. The molecule has 0 unspecified atom stereocenters. The fourth-order valence-corrected chi connectivity index (χ4v) is 3.20. The zero-order valence-electron chi connectivity index (χ0n) is 14.6. The standard InChI is InChI=1S/C17H26ClN3O2/c1-17(2)12-20(16(22)19(3)4)8-9-21(17)11-13-10-14(18)6-7-15(13)23-5/h6-7,10H,8-9,11-12H2,1-5H3. The maximum absolute atomic E-state index is 12.2. The van der Waals surface area contributed by atoms with E-state index in [4.69, 9.17) is 16.3 Å². The van der Waals surface area contributed by atoms with Gasteiger partial charge in [0.2, 0.25) is 0 Å². The molecule has 0 N–H and O–H groups in total. The maximum Gasteiger partial charge on any atom is 0.319 e. The zero-order chi connectivity index (χ0) is 17.2. The zero-order valence-corrected chi connectivity index (χ0v) is 15.4. The van der Waals surface area contributed by atoms with Crippen LogP contribution in [-0.4, -0.2) is 67.1 Å². The quantitative estimate of drug-likeness (QED) is 0.849. The Kier molecular flexibility index (Phi) is 5.42. The normalized spacial score (nSPS) is 17.9. The Bertz CT molecular complexity index is 575. The van der Waals surface area contributed by atoms with Gasteiger partial charge in [0, 0.05) is 56.4 Å². The van der Waals surface area contributed by atoms with Crippen LogP contribution >= 0.6 is 11.6 Å². The number of methoxy groups -OCH3 is 1. The molecule has 23 heavy (non-hydrogen) atoms. The Hall–Kier alpha value is -1.46. The van der Waals surface area contributed by atoms with Gasteiger partial charge >= 0.3 is 6.03 Å². The van der Waals surface area contributed by atoms with Crippen LogP contribution in [0.25, 0.3) is 0 Å². The van der Waals surface area contributed by atoms with E-state index in [2.05, 4.69) is 18.7 Å². The third kappa shape index (κ3) is 4.09. The summed E-state index contributed by atoms with van der Waals surface area (Å²) in [6.45, 7) is 7.33. The summed E-state index contributed by atoms with van der Waals surface area (Å²) in [6.07, 6.45) is 0. The number of rotatable bonds is 3. The third-order valence-corrected chi connectivity index (χ3v) is 4.57. The number of nitrogens with zero attached hydrogens (tertiary/aromatic N) is 3. The van der Waals surface area contributed by atoms with Crippen LogP contribution in [0.5, 0.6) is 5.75 Å². The summed E-state index contributed by atoms with van der Waals surface area (Å²) in [5.74, 6) is 0.844. The van der Waals surface area contributed by atoms with Crippen molar-refractivity contribution < 1.29 is 9.53 Å². The van der Waals surface area contributed by atoms with Crippen LogP contribution in [0, 0.1) is 0 Å². The lowest BCUT2D eigenvalue weighted by atomic mass is 9.97. The second-order valence-electron chi connectivity index (χ2n) is 6.79. The summed E-state index contributed by atoms with van der Waals surface area (Å²) in [5, 5.41) is 0.708. The topological polar surface area (TPSA) is 36.0 Å². The van der Waals surface area contributed by atoms with Crippen LogP contribution < -0.4 is 4.74 Å². The first-order valence-electron chi connectivity index (χ1n) is 7.78. The van der Waals surface area contributed by atoms with Crippen molar-refractivity contribution in [2.45, 2.75) is 25.9 Å². The highest BCUT2D eigenvalue weighted by atomic mass is 35.5. The molecule has 0 aromatic heterocycles. The van der Waals surface area contributed by atoms with Crippen molar-refractivity contribution in [2.24, 2.45) is 0 Å². The number of carbonyl (C=O) groups excluding carboxylic acids is 1. The van der Waals surface area contributed by atoms with Crippen LogP contribution in [0.3, 0.4) is 0 Å². The molecule has 0 atom stereocenters. The second kappa shape index (κ2) is 6.97. The lowest BCUT2D eigenvalue weighted by Gasteiger charge is -2.47. The van der Waals surface area contributed by atoms with E-state index in [0.29, 0.717) is 11.6 Å². The number of urea groups is 1. The molecule has 1 aliphatic heterocycles. The van der Waals surface area contributed by atoms with Crippen LogP contribution in [0.15, 0.2) is 18.2 Å². The van der Waals surface area contributed by atoms with Gasteiger partial charge in [0.15, 0.2) is 0 Å². The van der Waals surface area contributed by atoms with E-state index in [-0.39, 0.29) is 11.6 Å². The Labute approximate surface area is 143 Å². The van der Waals surface area contributed by atoms with Crippen molar-refractivity contribution in [3.8, 4) is 5.75 Å². The molecule has 6 heteroatoms. The first-order chi connectivity index (χ1) is 10.7. The number of benzene rings is 1. The predicted octanol–water partition coefficient (Wildman–Crippen LogP) is 2.93. The van der Waals surface area contributed by atoms with Gasteiger partial charge in [0.1, 0.15) is 5.75 Å². The second-order valence-corrected chi connectivity index (χ2v) is 7.23. The van der Waals surface area contributed by atoms with Gasteiger partial charge in [-0.05, 0) is 32.0 Å². The van der Waals surface area contributed by atoms with Crippen LogP contribution in [-0.2, 0) is 6.54 Å². The van der Waals surface area contributed by atoms with E-state index >= 15 is 0 Å². The van der Waals surface area contributed by atoms with Crippen molar-refractivity contribution in [2.75, 3.05) is 40.8 Å². The molecule has 5 nitrogen and oxygen atoms in total. The van der Waals surface area contributed by atoms with Gasteiger partial charge in [0.05, 0.1) is 7.11 Å². The van der Waals surface area contributed by atoms with Crippen LogP contribution in [0.2, 0.25) is 5.02 Å². The van der Waals surface area contributed by atoms with Crippen molar-refractivity contribution in [1.82, 2.24) is 14.7 Å². The number of ether oxygens (including phenoxy) is 1. The fourth-order valence-electron chi connectivity index (χ4n) is 3.01. The molecule has 0 saturated carbocycles. The minimum absolute atomic E-state index is 0.0676. The average Bonchev–Trinajstić information content (AvgIpc) is 2.48. The van der Waals surface area contributed by atoms with Gasteiger partial charge in [-0.25, -0.2) is 4.79 Å². The Morgan fingerprint density at radius 2 is 2.04 bits per heavy atom.